The second-order valence-corrected chi connectivity index (χ2v) is 4.27. The van der Waals surface area contributed by atoms with Crippen molar-refractivity contribution in [1.29, 1.82) is 0 Å². The van der Waals surface area contributed by atoms with Crippen LogP contribution in [0, 0.1) is 10.1 Å². The van der Waals surface area contributed by atoms with Crippen molar-refractivity contribution in [2.75, 3.05) is 5.32 Å². The van der Waals surface area contributed by atoms with Crippen LogP contribution in [-0.4, -0.2) is 4.92 Å². The van der Waals surface area contributed by atoms with Crippen LogP contribution >= 0.6 is 15.9 Å². The molecule has 5 nitrogen and oxygen atoms in total. The van der Waals surface area contributed by atoms with Crippen molar-refractivity contribution in [1.82, 2.24) is 0 Å². The topological polar surface area (TPSA) is 68.3 Å². The molecule has 88 valence electrons. The number of nitro groups is 1. The molecule has 1 heterocycles. The van der Waals surface area contributed by atoms with Gasteiger partial charge in [-0.25, -0.2) is 0 Å². The van der Waals surface area contributed by atoms with E-state index in [1.165, 1.54) is 6.07 Å². The SMILES string of the molecule is O=[N+]([O-])c1cc(Br)ccc1NCc1ccco1. The van der Waals surface area contributed by atoms with Crippen molar-refractivity contribution >= 4 is 27.3 Å². The Morgan fingerprint density at radius 2 is 2.24 bits per heavy atom. The molecule has 1 N–H and O–H groups in total. The van der Waals surface area contributed by atoms with Gasteiger partial charge in [0.05, 0.1) is 17.7 Å². The molecule has 0 amide bonds. The van der Waals surface area contributed by atoms with Gasteiger partial charge in [0.2, 0.25) is 0 Å². The molecule has 0 spiro atoms. The van der Waals surface area contributed by atoms with Gasteiger partial charge in [-0.1, -0.05) is 15.9 Å². The summed E-state index contributed by atoms with van der Waals surface area (Å²) < 4.78 is 5.81. The monoisotopic (exact) mass is 296 g/mol. The zero-order valence-corrected chi connectivity index (χ0v) is 10.3. The van der Waals surface area contributed by atoms with E-state index in [2.05, 4.69) is 21.2 Å². The summed E-state index contributed by atoms with van der Waals surface area (Å²) in [5.74, 6) is 0.724. The van der Waals surface area contributed by atoms with Crippen molar-refractivity contribution in [2.24, 2.45) is 0 Å². The Labute approximate surface area is 106 Å². The summed E-state index contributed by atoms with van der Waals surface area (Å²) in [5.41, 5.74) is 0.500. The lowest BCUT2D eigenvalue weighted by atomic mass is 10.2. The highest BCUT2D eigenvalue weighted by molar-refractivity contribution is 9.10. The summed E-state index contributed by atoms with van der Waals surface area (Å²) >= 11 is 3.20. The van der Waals surface area contributed by atoms with Gasteiger partial charge < -0.3 is 9.73 Å². The minimum atomic E-state index is -0.421. The molecule has 0 atom stereocenters. The molecular weight excluding hydrogens is 288 g/mol. The average molecular weight is 297 g/mol. The molecule has 0 bridgehead atoms. The Morgan fingerprint density at radius 3 is 2.88 bits per heavy atom. The first kappa shape index (κ1) is 11.7. The third-order valence-corrected chi connectivity index (χ3v) is 2.68. The molecule has 0 saturated heterocycles. The number of rotatable bonds is 4. The fourth-order valence-corrected chi connectivity index (χ4v) is 1.75. The number of halogens is 1. The van der Waals surface area contributed by atoms with E-state index < -0.39 is 4.92 Å². The number of benzene rings is 1. The summed E-state index contributed by atoms with van der Waals surface area (Å²) in [4.78, 5) is 10.4. The molecule has 1 aromatic heterocycles. The smallest absolute Gasteiger partial charge is 0.293 e. The van der Waals surface area contributed by atoms with Gasteiger partial charge in [-0.15, -0.1) is 0 Å². The van der Waals surface area contributed by atoms with E-state index in [-0.39, 0.29) is 5.69 Å². The van der Waals surface area contributed by atoms with E-state index in [1.807, 2.05) is 0 Å². The lowest BCUT2D eigenvalue weighted by Crippen LogP contribution is -2.01. The van der Waals surface area contributed by atoms with Gasteiger partial charge in [-0.3, -0.25) is 10.1 Å². The Morgan fingerprint density at radius 1 is 1.41 bits per heavy atom. The van der Waals surface area contributed by atoms with E-state index in [0.717, 1.165) is 5.76 Å². The molecule has 2 rings (SSSR count). The molecule has 0 aliphatic heterocycles. The van der Waals surface area contributed by atoms with Crippen LogP contribution < -0.4 is 5.32 Å². The van der Waals surface area contributed by atoms with Crippen LogP contribution in [0.5, 0.6) is 0 Å². The lowest BCUT2D eigenvalue weighted by Gasteiger charge is -2.05. The Bertz CT molecular complexity index is 526. The molecular formula is C11H9BrN2O3. The molecule has 0 saturated carbocycles. The van der Waals surface area contributed by atoms with Crippen LogP contribution in [0.1, 0.15) is 5.76 Å². The van der Waals surface area contributed by atoms with Crippen LogP contribution in [-0.2, 0) is 6.54 Å². The fraction of sp³-hybridized carbons (Fsp3) is 0.0909. The molecule has 0 aliphatic carbocycles. The largest absolute Gasteiger partial charge is 0.467 e. The van der Waals surface area contributed by atoms with Gasteiger partial charge in [-0.05, 0) is 24.3 Å². The predicted molar refractivity (Wildman–Crippen MR) is 66.8 cm³/mol. The van der Waals surface area contributed by atoms with Crippen molar-refractivity contribution < 1.29 is 9.34 Å². The number of nitro benzene ring substituents is 1. The first-order valence-electron chi connectivity index (χ1n) is 4.87. The molecule has 2 aromatic rings. The summed E-state index contributed by atoms with van der Waals surface area (Å²) in [5, 5.41) is 13.8. The van der Waals surface area contributed by atoms with E-state index in [9.17, 15) is 10.1 Å². The maximum atomic E-state index is 10.9. The number of anilines is 1. The predicted octanol–water partition coefficient (Wildman–Crippen LogP) is 3.56. The van der Waals surface area contributed by atoms with Crippen molar-refractivity contribution in [3.05, 3.63) is 56.9 Å². The summed E-state index contributed by atoms with van der Waals surface area (Å²) in [7, 11) is 0. The minimum absolute atomic E-state index is 0.0333. The third-order valence-electron chi connectivity index (χ3n) is 2.19. The van der Waals surface area contributed by atoms with E-state index in [1.54, 1.807) is 30.5 Å². The first-order chi connectivity index (χ1) is 8.16. The zero-order chi connectivity index (χ0) is 12.3. The number of nitrogens with one attached hydrogen (secondary N) is 1. The van der Waals surface area contributed by atoms with Gasteiger partial charge in [-0.2, -0.15) is 0 Å². The number of hydrogen-bond acceptors (Lipinski definition) is 4. The Balaban J connectivity index is 2.17. The third kappa shape index (κ3) is 2.85. The second kappa shape index (κ2) is 5.01. The highest BCUT2D eigenvalue weighted by Crippen LogP contribution is 2.28. The van der Waals surface area contributed by atoms with Crippen LogP contribution in [0.15, 0.2) is 45.5 Å². The molecule has 0 radical (unpaired) electrons. The molecule has 17 heavy (non-hydrogen) atoms. The molecule has 0 aliphatic rings. The van der Waals surface area contributed by atoms with Gasteiger partial charge >= 0.3 is 0 Å². The average Bonchev–Trinajstić information content (AvgIpc) is 2.80. The molecule has 0 unspecified atom stereocenters. The number of hydrogen-bond donors (Lipinski definition) is 1. The van der Waals surface area contributed by atoms with Crippen LogP contribution in [0.3, 0.4) is 0 Å². The first-order valence-corrected chi connectivity index (χ1v) is 5.66. The van der Waals surface area contributed by atoms with Crippen LogP contribution in [0.25, 0.3) is 0 Å². The van der Waals surface area contributed by atoms with Gasteiger partial charge in [0.25, 0.3) is 5.69 Å². The lowest BCUT2D eigenvalue weighted by molar-refractivity contribution is -0.384. The quantitative estimate of drug-likeness (QED) is 0.692. The minimum Gasteiger partial charge on any atom is -0.467 e. The van der Waals surface area contributed by atoms with Crippen LogP contribution in [0.2, 0.25) is 0 Å². The molecule has 1 aromatic carbocycles. The van der Waals surface area contributed by atoms with Gasteiger partial charge in [0.1, 0.15) is 11.4 Å². The summed E-state index contributed by atoms with van der Waals surface area (Å²) in [6.07, 6.45) is 1.56. The fourth-order valence-electron chi connectivity index (χ4n) is 1.40. The Hall–Kier alpha value is -1.82. The van der Waals surface area contributed by atoms with Crippen molar-refractivity contribution in [3.63, 3.8) is 0 Å². The number of furan rings is 1. The standard InChI is InChI=1S/C11H9BrN2O3/c12-8-3-4-10(11(6-8)14(15)16)13-7-9-2-1-5-17-9/h1-6,13H,7H2. The maximum absolute atomic E-state index is 10.9. The van der Waals surface area contributed by atoms with Gasteiger partial charge in [0, 0.05) is 10.5 Å². The molecule has 6 heteroatoms. The van der Waals surface area contributed by atoms with E-state index >= 15 is 0 Å². The van der Waals surface area contributed by atoms with Crippen LogP contribution in [0.4, 0.5) is 11.4 Å². The highest BCUT2D eigenvalue weighted by atomic mass is 79.9. The molecule has 0 fully saturated rings. The van der Waals surface area contributed by atoms with E-state index in [0.29, 0.717) is 16.7 Å². The second-order valence-electron chi connectivity index (χ2n) is 3.35. The van der Waals surface area contributed by atoms with Crippen molar-refractivity contribution in [2.45, 2.75) is 6.54 Å². The zero-order valence-electron chi connectivity index (χ0n) is 8.72. The van der Waals surface area contributed by atoms with Crippen molar-refractivity contribution in [3.8, 4) is 0 Å². The van der Waals surface area contributed by atoms with E-state index in [4.69, 9.17) is 4.42 Å². The highest BCUT2D eigenvalue weighted by Gasteiger charge is 2.13. The summed E-state index contributed by atoms with van der Waals surface area (Å²) in [6.45, 7) is 0.412. The maximum Gasteiger partial charge on any atom is 0.293 e. The number of nitrogens with zero attached hydrogens (tertiary/aromatic N) is 1. The van der Waals surface area contributed by atoms with Gasteiger partial charge in [0.15, 0.2) is 0 Å². The summed E-state index contributed by atoms with van der Waals surface area (Å²) in [6, 6.07) is 8.44. The normalized spacial score (nSPS) is 10.2. The Kier molecular flexibility index (Phi) is 3.43.